The molecular formula is C21H19F3N2O4. The zero-order valence-electron chi connectivity index (χ0n) is 16.5. The number of alkyl halides is 3. The van der Waals surface area contributed by atoms with Crippen LogP contribution in [0.15, 0.2) is 42.5 Å². The number of ether oxygens (including phenoxy) is 1. The molecule has 0 bridgehead atoms. The summed E-state index contributed by atoms with van der Waals surface area (Å²) in [6.45, 7) is 2.34. The summed E-state index contributed by atoms with van der Waals surface area (Å²) >= 11 is 0. The highest BCUT2D eigenvalue weighted by atomic mass is 19.4. The summed E-state index contributed by atoms with van der Waals surface area (Å²) in [5.41, 5.74) is -2.51. The molecule has 158 valence electrons. The molecule has 2 aromatic carbocycles. The van der Waals surface area contributed by atoms with Gasteiger partial charge in [0, 0.05) is 11.1 Å². The molecule has 3 rings (SSSR count). The maximum Gasteiger partial charge on any atom is 0.416 e. The first-order valence-electron chi connectivity index (χ1n) is 8.97. The molecule has 1 aliphatic rings. The Morgan fingerprint density at radius 3 is 2.43 bits per heavy atom. The van der Waals surface area contributed by atoms with Gasteiger partial charge in [0.25, 0.3) is 5.91 Å². The highest BCUT2D eigenvalue weighted by molar-refractivity contribution is 6.07. The van der Waals surface area contributed by atoms with Crippen LogP contribution in [0.2, 0.25) is 0 Å². The number of urea groups is 1. The second-order valence-corrected chi connectivity index (χ2v) is 7.07. The van der Waals surface area contributed by atoms with Gasteiger partial charge in [-0.1, -0.05) is 18.2 Å². The van der Waals surface area contributed by atoms with E-state index >= 15 is 0 Å². The van der Waals surface area contributed by atoms with Crippen molar-refractivity contribution in [1.82, 2.24) is 10.2 Å². The molecule has 0 aromatic heterocycles. The van der Waals surface area contributed by atoms with Crippen molar-refractivity contribution < 1.29 is 32.3 Å². The van der Waals surface area contributed by atoms with Crippen molar-refractivity contribution in [2.75, 3.05) is 7.11 Å². The van der Waals surface area contributed by atoms with Crippen LogP contribution in [0.1, 0.15) is 40.9 Å². The van der Waals surface area contributed by atoms with Crippen LogP contribution < -0.4 is 10.1 Å². The van der Waals surface area contributed by atoms with E-state index in [4.69, 9.17) is 4.74 Å². The van der Waals surface area contributed by atoms with Crippen LogP contribution in [-0.4, -0.2) is 29.7 Å². The number of rotatable bonds is 5. The van der Waals surface area contributed by atoms with Gasteiger partial charge < -0.3 is 10.1 Å². The summed E-state index contributed by atoms with van der Waals surface area (Å²) < 4.78 is 45.6. The first kappa shape index (κ1) is 21.4. The highest BCUT2D eigenvalue weighted by Gasteiger charge is 2.52. The number of ketones is 1. The van der Waals surface area contributed by atoms with Gasteiger partial charge in [-0.25, -0.2) is 4.79 Å². The molecular weight excluding hydrogens is 401 g/mol. The average molecular weight is 420 g/mol. The Morgan fingerprint density at radius 2 is 1.83 bits per heavy atom. The van der Waals surface area contributed by atoms with Gasteiger partial charge >= 0.3 is 12.2 Å². The predicted molar refractivity (Wildman–Crippen MR) is 101 cm³/mol. The van der Waals surface area contributed by atoms with E-state index < -0.39 is 29.2 Å². The third kappa shape index (κ3) is 3.62. The number of benzene rings is 2. The molecule has 0 aliphatic carbocycles. The number of amides is 3. The van der Waals surface area contributed by atoms with Gasteiger partial charge in [-0.05, 0) is 43.7 Å². The second-order valence-electron chi connectivity index (χ2n) is 7.07. The Hall–Kier alpha value is -3.36. The molecule has 0 saturated carbocycles. The molecule has 30 heavy (non-hydrogen) atoms. The molecule has 0 spiro atoms. The lowest BCUT2D eigenvalue weighted by Gasteiger charge is -2.26. The summed E-state index contributed by atoms with van der Waals surface area (Å²) in [7, 11) is 1.39. The standard InChI is InChI=1S/C21H19F3N2O4/c1-12(27)13-8-9-17(30-3)14(10-13)11-26-18(28)20(2,25-19(26)29)15-6-4-5-7-16(15)21(22,23)24/h4-10H,11H2,1-3H3,(H,25,29). The number of nitrogens with one attached hydrogen (secondary N) is 1. The minimum Gasteiger partial charge on any atom is -0.496 e. The van der Waals surface area contributed by atoms with Crippen molar-refractivity contribution in [2.45, 2.75) is 32.1 Å². The van der Waals surface area contributed by atoms with E-state index in [0.717, 1.165) is 11.0 Å². The fraction of sp³-hybridized carbons (Fsp3) is 0.286. The molecule has 1 aliphatic heterocycles. The summed E-state index contributed by atoms with van der Waals surface area (Å²) in [5.74, 6) is -0.718. The van der Waals surface area contributed by atoms with Gasteiger partial charge in [0.1, 0.15) is 11.3 Å². The topological polar surface area (TPSA) is 75.7 Å². The zero-order valence-corrected chi connectivity index (χ0v) is 16.5. The maximum atomic E-state index is 13.5. The van der Waals surface area contributed by atoms with Gasteiger partial charge in [-0.2, -0.15) is 13.2 Å². The quantitative estimate of drug-likeness (QED) is 0.588. The first-order valence-corrected chi connectivity index (χ1v) is 8.97. The van der Waals surface area contributed by atoms with Gasteiger partial charge in [0.05, 0.1) is 19.2 Å². The van der Waals surface area contributed by atoms with E-state index in [1.54, 1.807) is 6.07 Å². The number of nitrogens with zero attached hydrogens (tertiary/aromatic N) is 1. The van der Waals surface area contributed by atoms with Crippen LogP contribution >= 0.6 is 0 Å². The Morgan fingerprint density at radius 1 is 1.17 bits per heavy atom. The van der Waals surface area contributed by atoms with Gasteiger partial charge in [0.2, 0.25) is 0 Å². The number of halogens is 3. The third-order valence-corrected chi connectivity index (χ3v) is 5.06. The molecule has 1 unspecified atom stereocenters. The van der Waals surface area contributed by atoms with Crippen molar-refractivity contribution in [2.24, 2.45) is 0 Å². The maximum absolute atomic E-state index is 13.5. The SMILES string of the molecule is COc1ccc(C(C)=O)cc1CN1C(=O)NC(C)(c2ccccc2C(F)(F)F)C1=O. The number of methoxy groups -OCH3 is 1. The number of carbonyl (C=O) groups excluding carboxylic acids is 3. The van der Waals surface area contributed by atoms with Gasteiger partial charge in [-0.15, -0.1) is 0 Å². The molecule has 1 fully saturated rings. The van der Waals surface area contributed by atoms with Crippen LogP contribution in [0.4, 0.5) is 18.0 Å². The fourth-order valence-electron chi connectivity index (χ4n) is 3.48. The van der Waals surface area contributed by atoms with Crippen molar-refractivity contribution in [3.63, 3.8) is 0 Å². The Kier molecular flexibility index (Phi) is 5.32. The summed E-state index contributed by atoms with van der Waals surface area (Å²) in [5, 5.41) is 2.38. The van der Waals surface area contributed by atoms with E-state index in [1.165, 1.54) is 51.3 Å². The Balaban J connectivity index is 2.01. The lowest BCUT2D eigenvalue weighted by molar-refractivity contribution is -0.140. The monoisotopic (exact) mass is 420 g/mol. The van der Waals surface area contributed by atoms with E-state index in [9.17, 15) is 27.6 Å². The lowest BCUT2D eigenvalue weighted by Crippen LogP contribution is -2.42. The molecule has 1 N–H and O–H groups in total. The second kappa shape index (κ2) is 7.47. The first-order chi connectivity index (χ1) is 14.0. The van der Waals surface area contributed by atoms with Crippen molar-refractivity contribution in [3.8, 4) is 5.75 Å². The van der Waals surface area contributed by atoms with E-state index in [2.05, 4.69) is 5.32 Å². The van der Waals surface area contributed by atoms with Crippen LogP contribution in [0, 0.1) is 0 Å². The van der Waals surface area contributed by atoms with E-state index in [-0.39, 0.29) is 17.9 Å². The molecule has 9 heteroatoms. The minimum absolute atomic E-state index is 0.222. The predicted octanol–water partition coefficient (Wildman–Crippen LogP) is 3.88. The number of imide groups is 1. The van der Waals surface area contributed by atoms with Crippen molar-refractivity contribution in [1.29, 1.82) is 0 Å². The average Bonchev–Trinajstić information content (AvgIpc) is 2.91. The smallest absolute Gasteiger partial charge is 0.416 e. The number of hydrogen-bond donors (Lipinski definition) is 1. The van der Waals surface area contributed by atoms with E-state index in [0.29, 0.717) is 16.9 Å². The van der Waals surface area contributed by atoms with Gasteiger partial charge in [0.15, 0.2) is 5.78 Å². The number of carbonyl (C=O) groups is 3. The molecule has 1 saturated heterocycles. The number of Topliss-reactive ketones (excluding diaryl/α,β-unsaturated/α-hetero) is 1. The Bertz CT molecular complexity index is 1040. The fourth-order valence-corrected chi connectivity index (χ4v) is 3.48. The molecule has 1 heterocycles. The molecule has 2 aromatic rings. The van der Waals surface area contributed by atoms with Crippen molar-refractivity contribution in [3.05, 3.63) is 64.7 Å². The number of hydrogen-bond acceptors (Lipinski definition) is 4. The van der Waals surface area contributed by atoms with Crippen LogP contribution in [0.3, 0.4) is 0 Å². The largest absolute Gasteiger partial charge is 0.496 e. The van der Waals surface area contributed by atoms with Crippen LogP contribution in [-0.2, 0) is 23.1 Å². The lowest BCUT2D eigenvalue weighted by atomic mass is 9.87. The highest BCUT2D eigenvalue weighted by Crippen LogP contribution is 2.39. The van der Waals surface area contributed by atoms with Gasteiger partial charge in [-0.3, -0.25) is 14.5 Å². The molecule has 3 amide bonds. The van der Waals surface area contributed by atoms with E-state index in [1.807, 2.05) is 0 Å². The summed E-state index contributed by atoms with van der Waals surface area (Å²) in [6, 6.07) is 8.34. The third-order valence-electron chi connectivity index (χ3n) is 5.06. The summed E-state index contributed by atoms with van der Waals surface area (Å²) in [6.07, 6.45) is -4.70. The normalized spacial score (nSPS) is 19.1. The summed E-state index contributed by atoms with van der Waals surface area (Å²) in [4.78, 5) is 38.2. The van der Waals surface area contributed by atoms with Crippen LogP contribution in [0.25, 0.3) is 0 Å². The zero-order chi connectivity index (χ0) is 22.3. The Labute approximate surface area is 170 Å². The molecule has 0 radical (unpaired) electrons. The van der Waals surface area contributed by atoms with Crippen molar-refractivity contribution >= 4 is 17.7 Å². The molecule has 1 atom stereocenters. The molecule has 6 nitrogen and oxygen atoms in total. The minimum atomic E-state index is -4.70. The van der Waals surface area contributed by atoms with Crippen LogP contribution in [0.5, 0.6) is 5.75 Å².